The number of aliphatic imine (C=N–C) groups is 1. The van der Waals surface area contributed by atoms with E-state index in [-0.39, 0.29) is 29.2 Å². The molecule has 5 heterocycles. The predicted octanol–water partition coefficient (Wildman–Crippen LogP) is 3.52. The van der Waals surface area contributed by atoms with Crippen LogP contribution in [-0.2, 0) is 9.47 Å². The van der Waals surface area contributed by atoms with Crippen molar-refractivity contribution in [3.05, 3.63) is 57.2 Å². The number of rotatable bonds is 4. The monoisotopic (exact) mass is 523 g/mol. The Labute approximate surface area is 218 Å². The summed E-state index contributed by atoms with van der Waals surface area (Å²) >= 11 is 14.2. The average Bonchev–Trinajstić information content (AvgIpc) is 3.29. The van der Waals surface area contributed by atoms with Crippen molar-refractivity contribution < 1.29 is 9.47 Å². The van der Waals surface area contributed by atoms with Gasteiger partial charge in [0.25, 0.3) is 0 Å². The summed E-state index contributed by atoms with van der Waals surface area (Å²) in [5.74, 6) is 1.09. The second-order valence-electron chi connectivity index (χ2n) is 8.99. The molecule has 2 fully saturated rings. The van der Waals surface area contributed by atoms with Gasteiger partial charge in [0.15, 0.2) is 0 Å². The quantitative estimate of drug-likeness (QED) is 0.567. The first-order valence-electron chi connectivity index (χ1n) is 11.4. The van der Waals surface area contributed by atoms with Gasteiger partial charge in [-0.15, -0.1) is 0 Å². The minimum absolute atomic E-state index is 0.0499. The third kappa shape index (κ3) is 4.38. The van der Waals surface area contributed by atoms with Crippen molar-refractivity contribution in [2.45, 2.75) is 17.4 Å². The number of hydrogen-bond acceptors (Lipinski definition) is 8. The summed E-state index contributed by atoms with van der Waals surface area (Å²) in [6.45, 7) is 4.78. The second kappa shape index (κ2) is 9.59. The van der Waals surface area contributed by atoms with Crippen molar-refractivity contribution in [1.82, 2.24) is 9.97 Å². The van der Waals surface area contributed by atoms with Crippen LogP contribution >= 0.6 is 35.0 Å². The van der Waals surface area contributed by atoms with Gasteiger partial charge in [-0.1, -0.05) is 0 Å². The van der Waals surface area contributed by atoms with Crippen LogP contribution in [0.4, 0.5) is 5.95 Å². The van der Waals surface area contributed by atoms with E-state index in [1.54, 1.807) is 36.3 Å². The Balaban J connectivity index is 1.18. The van der Waals surface area contributed by atoms with E-state index in [2.05, 4.69) is 26.3 Å². The molecule has 0 spiro atoms. The van der Waals surface area contributed by atoms with Crippen molar-refractivity contribution in [2.24, 2.45) is 16.8 Å². The molecule has 0 aliphatic carbocycles. The van der Waals surface area contributed by atoms with Crippen LogP contribution in [0.2, 0.25) is 10.0 Å². The fourth-order valence-corrected chi connectivity index (χ4v) is 6.75. The van der Waals surface area contributed by atoms with Gasteiger partial charge in [-0.05, 0) is 0 Å². The molecule has 4 atom stereocenters. The van der Waals surface area contributed by atoms with Crippen LogP contribution < -0.4 is 4.90 Å². The first-order valence-corrected chi connectivity index (χ1v) is 13.1. The summed E-state index contributed by atoms with van der Waals surface area (Å²) in [6, 6.07) is 7.45. The molecule has 4 aliphatic heterocycles. The van der Waals surface area contributed by atoms with Crippen LogP contribution in [0.5, 0.6) is 0 Å². The van der Waals surface area contributed by atoms with Gasteiger partial charge in [-0.3, -0.25) is 0 Å². The third-order valence-corrected chi connectivity index (χ3v) is 8.47. The van der Waals surface area contributed by atoms with Gasteiger partial charge in [0.2, 0.25) is 0 Å². The van der Waals surface area contributed by atoms with Crippen molar-refractivity contribution in [3.63, 3.8) is 0 Å². The minimum atomic E-state index is -0.0796. The molecule has 6 rings (SSSR count). The van der Waals surface area contributed by atoms with Crippen LogP contribution in [0.1, 0.15) is 11.1 Å². The first kappa shape index (κ1) is 23.0. The summed E-state index contributed by atoms with van der Waals surface area (Å²) in [5.41, 5.74) is 3.44. The van der Waals surface area contributed by atoms with Gasteiger partial charge in [-0.2, -0.15) is 0 Å². The molecule has 2 saturated heterocycles. The van der Waals surface area contributed by atoms with Gasteiger partial charge in [0, 0.05) is 0 Å². The van der Waals surface area contributed by atoms with Crippen molar-refractivity contribution in [2.75, 3.05) is 31.2 Å². The van der Waals surface area contributed by atoms with E-state index in [4.69, 9.17) is 42.9 Å². The fraction of sp³-hybridized carbons (Fsp3) is 0.375. The number of nitriles is 1. The maximum absolute atomic E-state index is 9.16. The molecule has 2 aromatic rings. The molecule has 2 bridgehead atoms. The maximum atomic E-state index is 9.16. The van der Waals surface area contributed by atoms with E-state index in [0.29, 0.717) is 34.8 Å². The topological polar surface area (TPSA) is 83.6 Å². The molecule has 0 N–H and O–H groups in total. The van der Waals surface area contributed by atoms with E-state index < -0.39 is 0 Å². The van der Waals surface area contributed by atoms with Crippen LogP contribution in [-0.4, -0.2) is 72.4 Å². The SMILES string of the molecule is N#Cc1ccc(C2=CSC3C(OC4C5COCC4CN(c4ncc(Cl)cn4)C5)=BC=NC23)c(Cl)c1. The number of thioether (sulfide) groups is 1. The van der Waals surface area contributed by atoms with Gasteiger partial charge in [0.05, 0.1) is 0 Å². The zero-order chi connectivity index (χ0) is 23.9. The van der Waals surface area contributed by atoms with Gasteiger partial charge < -0.3 is 0 Å². The molecule has 1 aromatic carbocycles. The van der Waals surface area contributed by atoms with E-state index in [1.807, 2.05) is 19.1 Å². The summed E-state index contributed by atoms with van der Waals surface area (Å²) in [6.07, 6.45) is 5.14. The van der Waals surface area contributed by atoms with E-state index in [9.17, 15) is 0 Å². The second-order valence-corrected chi connectivity index (χ2v) is 10.9. The molecule has 176 valence electrons. The number of benzene rings is 1. The summed E-state index contributed by atoms with van der Waals surface area (Å²) < 4.78 is 12.6. The molecular formula is C24H20BCl2N5O2S. The molecule has 0 saturated carbocycles. The number of anilines is 1. The molecule has 11 heteroatoms. The number of ether oxygens (including phenoxy) is 2. The Hall–Kier alpha value is -2.38. The molecule has 0 amide bonds. The van der Waals surface area contributed by atoms with Crippen LogP contribution in [0.25, 0.3) is 5.57 Å². The van der Waals surface area contributed by atoms with Gasteiger partial charge >= 0.3 is 219 Å². The number of aromatic nitrogens is 2. The molecule has 4 aliphatic rings. The van der Waals surface area contributed by atoms with Gasteiger partial charge in [-0.25, -0.2) is 0 Å². The molecule has 4 unspecified atom stereocenters. The first-order chi connectivity index (χ1) is 17.1. The Kier molecular flexibility index (Phi) is 6.31. The zero-order valence-electron chi connectivity index (χ0n) is 18.6. The standard InChI is InChI=1S/C24H20BCl2N5O2S/c26-16-5-29-24(30-6-16)32-7-14-9-33-10-15(8-32)21(14)34-23-22-20(31-12-25-23)18(11-35-22)17-2-1-13(4-28)3-19(17)27/h1-3,5-6,11-12,14-15,20-22H,7-10H2. The van der Waals surface area contributed by atoms with Crippen LogP contribution in [0.15, 0.2) is 41.0 Å². The predicted molar refractivity (Wildman–Crippen MR) is 140 cm³/mol. The number of hydrogen-bond donors (Lipinski definition) is 0. The molecule has 0 radical (unpaired) electrons. The Morgan fingerprint density at radius 1 is 1.17 bits per heavy atom. The normalized spacial score (nSPS) is 28.9. The zero-order valence-corrected chi connectivity index (χ0v) is 20.9. The summed E-state index contributed by atoms with van der Waals surface area (Å²) in [7, 11) is 0. The average molecular weight is 524 g/mol. The summed E-state index contributed by atoms with van der Waals surface area (Å²) in [5, 5.41) is 12.4. The number of halogens is 2. The van der Waals surface area contributed by atoms with Crippen LogP contribution in [0.3, 0.4) is 0 Å². The number of piperidine rings is 1. The molecule has 1 aromatic heterocycles. The van der Waals surface area contributed by atoms with Crippen molar-refractivity contribution >= 4 is 65.2 Å². The van der Waals surface area contributed by atoms with E-state index >= 15 is 0 Å². The van der Waals surface area contributed by atoms with Crippen LogP contribution in [0, 0.1) is 23.2 Å². The van der Waals surface area contributed by atoms with Crippen molar-refractivity contribution in [3.8, 4) is 6.07 Å². The number of fused-ring (bicyclic) bond motifs is 3. The van der Waals surface area contributed by atoms with E-state index in [1.165, 1.54) is 0 Å². The fourth-order valence-electron chi connectivity index (χ4n) is 5.17. The Bertz CT molecular complexity index is 1270. The van der Waals surface area contributed by atoms with Crippen molar-refractivity contribution in [1.29, 1.82) is 5.26 Å². The Morgan fingerprint density at radius 2 is 1.94 bits per heavy atom. The third-order valence-electron chi connectivity index (χ3n) is 6.79. The molecule has 7 nitrogen and oxygen atoms in total. The number of nitrogens with zero attached hydrogens (tertiary/aromatic N) is 5. The van der Waals surface area contributed by atoms with E-state index in [0.717, 1.165) is 29.9 Å². The molecule has 35 heavy (non-hydrogen) atoms. The molecular weight excluding hydrogens is 504 g/mol. The van der Waals surface area contributed by atoms with Gasteiger partial charge in [0.1, 0.15) is 0 Å². The summed E-state index contributed by atoms with van der Waals surface area (Å²) in [4.78, 5) is 15.8. The Morgan fingerprint density at radius 3 is 2.66 bits per heavy atom.